The number of aryl methyl sites for hydroxylation is 3. The standard InChI is InChI=1S/C25H34N6O/c1-16-8-17(2)31(28-16)23-12-22(26-18(3)27-23)29-4-6-30(7-5-29)24(32)25-13-19-9-20(14-25)11-21(10-19)15-25/h8,12,19-21H,4-7,9-11,13-15H2,1-3H3. The highest BCUT2D eigenvalue weighted by atomic mass is 16.2. The maximum absolute atomic E-state index is 13.7. The Hall–Kier alpha value is -2.44. The van der Waals surface area contributed by atoms with Crippen molar-refractivity contribution in [3.63, 3.8) is 0 Å². The topological polar surface area (TPSA) is 67.2 Å². The molecule has 5 aliphatic rings. The summed E-state index contributed by atoms with van der Waals surface area (Å²) in [4.78, 5) is 27.5. The molecule has 4 aliphatic carbocycles. The highest BCUT2D eigenvalue weighted by Gasteiger charge is 2.55. The van der Waals surface area contributed by atoms with Crippen molar-refractivity contribution in [3.8, 4) is 5.82 Å². The molecule has 0 atom stereocenters. The molecule has 2 aromatic heterocycles. The van der Waals surface area contributed by atoms with Gasteiger partial charge in [-0.05, 0) is 83.1 Å². The molecule has 3 heterocycles. The van der Waals surface area contributed by atoms with Crippen LogP contribution in [0.15, 0.2) is 12.1 Å². The predicted octanol–water partition coefficient (Wildman–Crippen LogP) is 3.45. The first-order valence-corrected chi connectivity index (χ1v) is 12.3. The van der Waals surface area contributed by atoms with E-state index in [1.165, 1.54) is 19.3 Å². The van der Waals surface area contributed by atoms with E-state index in [-0.39, 0.29) is 5.41 Å². The Labute approximate surface area is 190 Å². The van der Waals surface area contributed by atoms with Crippen molar-refractivity contribution in [2.45, 2.75) is 59.3 Å². The summed E-state index contributed by atoms with van der Waals surface area (Å²) in [5, 5.41) is 4.59. The van der Waals surface area contributed by atoms with Crippen LogP contribution >= 0.6 is 0 Å². The largest absolute Gasteiger partial charge is 0.353 e. The van der Waals surface area contributed by atoms with Gasteiger partial charge in [0.2, 0.25) is 5.91 Å². The molecule has 0 radical (unpaired) electrons. The Morgan fingerprint density at radius 1 is 0.875 bits per heavy atom. The van der Waals surface area contributed by atoms with Crippen LogP contribution in [0.5, 0.6) is 0 Å². The van der Waals surface area contributed by atoms with Crippen molar-refractivity contribution in [1.82, 2.24) is 24.6 Å². The third kappa shape index (κ3) is 3.32. The molecule has 170 valence electrons. The predicted molar refractivity (Wildman–Crippen MR) is 123 cm³/mol. The quantitative estimate of drug-likeness (QED) is 0.740. The highest BCUT2D eigenvalue weighted by molar-refractivity contribution is 5.83. The first-order valence-electron chi connectivity index (χ1n) is 12.3. The van der Waals surface area contributed by atoms with E-state index in [0.717, 1.165) is 92.0 Å². The highest BCUT2D eigenvalue weighted by Crippen LogP contribution is 2.60. The molecule has 0 spiro atoms. The molecule has 7 heteroatoms. The van der Waals surface area contributed by atoms with E-state index in [1.54, 1.807) is 0 Å². The van der Waals surface area contributed by atoms with Gasteiger partial charge in [0.1, 0.15) is 11.6 Å². The first kappa shape index (κ1) is 20.2. The molecule has 0 aromatic carbocycles. The second kappa shape index (κ2) is 7.29. The van der Waals surface area contributed by atoms with Crippen LogP contribution in [0.3, 0.4) is 0 Å². The van der Waals surface area contributed by atoms with Gasteiger partial charge in [-0.25, -0.2) is 14.6 Å². The van der Waals surface area contributed by atoms with Crippen LogP contribution in [0.1, 0.15) is 55.7 Å². The average Bonchev–Trinajstić information content (AvgIpc) is 3.10. The molecule has 5 fully saturated rings. The Bertz CT molecular complexity index is 1020. The average molecular weight is 435 g/mol. The van der Waals surface area contributed by atoms with E-state index in [9.17, 15) is 4.79 Å². The molecule has 4 bridgehead atoms. The number of piperazine rings is 1. The second-order valence-corrected chi connectivity index (χ2v) is 10.9. The molecule has 0 N–H and O–H groups in total. The van der Waals surface area contributed by atoms with Crippen LogP contribution < -0.4 is 4.90 Å². The second-order valence-electron chi connectivity index (χ2n) is 10.9. The van der Waals surface area contributed by atoms with E-state index in [1.807, 2.05) is 31.5 Å². The zero-order chi connectivity index (χ0) is 22.0. The smallest absolute Gasteiger partial charge is 0.228 e. The zero-order valence-electron chi connectivity index (χ0n) is 19.5. The van der Waals surface area contributed by atoms with E-state index >= 15 is 0 Å². The minimum absolute atomic E-state index is 0.0366. The van der Waals surface area contributed by atoms with Crippen LogP contribution in [0.4, 0.5) is 5.82 Å². The lowest BCUT2D eigenvalue weighted by Crippen LogP contribution is -2.58. The molecule has 32 heavy (non-hydrogen) atoms. The summed E-state index contributed by atoms with van der Waals surface area (Å²) in [6, 6.07) is 4.09. The summed E-state index contributed by atoms with van der Waals surface area (Å²) >= 11 is 0. The van der Waals surface area contributed by atoms with Gasteiger partial charge in [-0.1, -0.05) is 0 Å². The third-order valence-corrected chi connectivity index (χ3v) is 8.42. The lowest BCUT2D eigenvalue weighted by atomic mass is 9.49. The van der Waals surface area contributed by atoms with E-state index in [0.29, 0.717) is 5.91 Å². The van der Waals surface area contributed by atoms with E-state index in [4.69, 9.17) is 4.98 Å². The number of nitrogens with zero attached hydrogens (tertiary/aromatic N) is 6. The fraction of sp³-hybridized carbons (Fsp3) is 0.680. The molecule has 1 amide bonds. The van der Waals surface area contributed by atoms with Crippen LogP contribution in [-0.4, -0.2) is 56.7 Å². The summed E-state index contributed by atoms with van der Waals surface area (Å²) in [6.07, 6.45) is 7.58. The number of carbonyl (C=O) groups is 1. The summed E-state index contributed by atoms with van der Waals surface area (Å²) in [5.74, 6) is 5.37. The minimum atomic E-state index is -0.0366. The van der Waals surface area contributed by atoms with Gasteiger partial charge in [0, 0.05) is 37.9 Å². The van der Waals surface area contributed by atoms with Crippen molar-refractivity contribution in [2.75, 3.05) is 31.1 Å². The normalized spacial score (nSPS) is 31.4. The van der Waals surface area contributed by atoms with Gasteiger partial charge in [-0.2, -0.15) is 5.10 Å². The van der Waals surface area contributed by atoms with Crippen LogP contribution in [0.2, 0.25) is 0 Å². The van der Waals surface area contributed by atoms with Crippen LogP contribution in [-0.2, 0) is 4.79 Å². The molecular weight excluding hydrogens is 400 g/mol. The number of aromatic nitrogens is 4. The Morgan fingerprint density at radius 2 is 1.47 bits per heavy atom. The Kier molecular flexibility index (Phi) is 4.60. The van der Waals surface area contributed by atoms with Gasteiger partial charge in [-0.15, -0.1) is 0 Å². The van der Waals surface area contributed by atoms with Gasteiger partial charge in [0.05, 0.1) is 11.1 Å². The monoisotopic (exact) mass is 434 g/mol. The number of carbonyl (C=O) groups excluding carboxylic acids is 1. The first-order chi connectivity index (χ1) is 15.4. The molecule has 4 saturated carbocycles. The number of hydrogen-bond donors (Lipinski definition) is 0. The fourth-order valence-corrected chi connectivity index (χ4v) is 7.51. The van der Waals surface area contributed by atoms with Crippen LogP contribution in [0.25, 0.3) is 5.82 Å². The van der Waals surface area contributed by atoms with Crippen molar-refractivity contribution < 1.29 is 4.79 Å². The zero-order valence-corrected chi connectivity index (χ0v) is 19.5. The molecule has 7 nitrogen and oxygen atoms in total. The molecule has 2 aromatic rings. The number of amides is 1. The summed E-state index contributed by atoms with van der Waals surface area (Å²) in [5.41, 5.74) is 2.01. The maximum atomic E-state index is 13.7. The SMILES string of the molecule is Cc1cc(C)n(-c2cc(N3CCN(C(=O)C45CC6CC(CC(C6)C4)C5)CC3)nc(C)n2)n1. The Balaban J connectivity index is 1.17. The van der Waals surface area contributed by atoms with Gasteiger partial charge in [0.15, 0.2) is 5.82 Å². The number of rotatable bonds is 3. The number of anilines is 1. The minimum Gasteiger partial charge on any atom is -0.353 e. The molecule has 1 aliphatic heterocycles. The van der Waals surface area contributed by atoms with E-state index in [2.05, 4.69) is 25.9 Å². The fourth-order valence-electron chi connectivity index (χ4n) is 7.51. The molecular formula is C25H34N6O. The lowest BCUT2D eigenvalue weighted by molar-refractivity contribution is -0.158. The van der Waals surface area contributed by atoms with Crippen molar-refractivity contribution >= 4 is 11.7 Å². The van der Waals surface area contributed by atoms with Crippen molar-refractivity contribution in [1.29, 1.82) is 0 Å². The molecule has 7 rings (SSSR count). The summed E-state index contributed by atoms with van der Waals surface area (Å²) < 4.78 is 1.89. The lowest BCUT2D eigenvalue weighted by Gasteiger charge is -2.57. The van der Waals surface area contributed by atoms with Gasteiger partial charge >= 0.3 is 0 Å². The number of hydrogen-bond acceptors (Lipinski definition) is 5. The summed E-state index contributed by atoms with van der Waals surface area (Å²) in [7, 11) is 0. The van der Waals surface area contributed by atoms with Gasteiger partial charge in [-0.3, -0.25) is 4.79 Å². The third-order valence-electron chi connectivity index (χ3n) is 8.42. The molecule has 0 unspecified atom stereocenters. The van der Waals surface area contributed by atoms with Crippen LogP contribution in [0, 0.1) is 43.9 Å². The van der Waals surface area contributed by atoms with Gasteiger partial charge in [0.25, 0.3) is 0 Å². The molecule has 1 saturated heterocycles. The summed E-state index contributed by atoms with van der Waals surface area (Å²) in [6.45, 7) is 9.21. The van der Waals surface area contributed by atoms with Crippen molar-refractivity contribution in [3.05, 3.63) is 29.3 Å². The Morgan fingerprint density at radius 3 is 2.03 bits per heavy atom. The van der Waals surface area contributed by atoms with Crippen molar-refractivity contribution in [2.24, 2.45) is 23.2 Å². The van der Waals surface area contributed by atoms with Gasteiger partial charge < -0.3 is 9.80 Å². The maximum Gasteiger partial charge on any atom is 0.228 e. The van der Waals surface area contributed by atoms with E-state index < -0.39 is 0 Å².